The number of nitrogens with zero attached hydrogens (tertiary/aromatic N) is 1. The molecule has 2 aromatic rings. The van der Waals surface area contributed by atoms with Crippen LogP contribution in [0.1, 0.15) is 10.7 Å². The number of carbonyl (C=O) groups is 1. The highest BCUT2D eigenvalue weighted by Crippen LogP contribution is 2.21. The van der Waals surface area contributed by atoms with Crippen molar-refractivity contribution < 1.29 is 17.6 Å². The lowest BCUT2D eigenvalue weighted by Crippen LogP contribution is -1.89. The predicted molar refractivity (Wildman–Crippen MR) is 52.4 cm³/mol. The molecule has 15 heavy (non-hydrogen) atoms. The third-order valence-corrected chi connectivity index (χ3v) is 3.11. The molecule has 7 heteroatoms. The van der Waals surface area contributed by atoms with Crippen LogP contribution in [-0.4, -0.2) is 19.7 Å². The first kappa shape index (κ1) is 10.1. The van der Waals surface area contributed by atoms with E-state index in [4.69, 9.17) is 15.1 Å². The molecule has 0 unspecified atom stereocenters. The second-order valence-corrected chi connectivity index (χ2v) is 5.30. The molecule has 0 spiro atoms. The maximum Gasteiger partial charge on any atom is 0.261 e. The van der Waals surface area contributed by atoms with Gasteiger partial charge in [0, 0.05) is 10.7 Å². The minimum Gasteiger partial charge on any atom is -0.434 e. The highest BCUT2D eigenvalue weighted by atomic mass is 35.7. The Kier molecular flexibility index (Phi) is 2.24. The number of benzene rings is 1. The maximum atomic E-state index is 11.0. The first-order valence-electron chi connectivity index (χ1n) is 3.81. The number of hydrogen-bond acceptors (Lipinski definition) is 5. The molecule has 1 aromatic heterocycles. The summed E-state index contributed by atoms with van der Waals surface area (Å²) in [4.78, 5) is 14.0. The van der Waals surface area contributed by atoms with Gasteiger partial charge < -0.3 is 4.42 Å². The van der Waals surface area contributed by atoms with Crippen LogP contribution in [0.15, 0.2) is 27.5 Å². The average Bonchev–Trinajstić information content (AvgIpc) is 2.57. The van der Waals surface area contributed by atoms with Gasteiger partial charge >= 0.3 is 0 Å². The molecule has 78 valence electrons. The fourth-order valence-corrected chi connectivity index (χ4v) is 1.90. The van der Waals surface area contributed by atoms with Crippen molar-refractivity contribution in [3.05, 3.63) is 24.1 Å². The Morgan fingerprint density at radius 2 is 2.13 bits per heavy atom. The lowest BCUT2D eigenvalue weighted by molar-refractivity contribution is 0.109. The standard InChI is InChI=1S/C8H4ClNO4S/c9-15(12,13)5-1-2-7-6(3-5)10-8(4-11)14-7/h1-4H. The minimum absolute atomic E-state index is 0.0811. The summed E-state index contributed by atoms with van der Waals surface area (Å²) in [5, 5.41) is 0. The van der Waals surface area contributed by atoms with E-state index < -0.39 is 9.05 Å². The third-order valence-electron chi connectivity index (χ3n) is 1.76. The Hall–Kier alpha value is -1.40. The maximum absolute atomic E-state index is 11.0. The number of aromatic nitrogens is 1. The van der Waals surface area contributed by atoms with Crippen molar-refractivity contribution in [1.82, 2.24) is 4.98 Å². The molecule has 5 nitrogen and oxygen atoms in total. The fraction of sp³-hybridized carbons (Fsp3) is 0. The Balaban J connectivity index is 2.71. The summed E-state index contributed by atoms with van der Waals surface area (Å²) in [7, 11) is 1.35. The molecular weight excluding hydrogens is 242 g/mol. The zero-order valence-corrected chi connectivity index (χ0v) is 8.75. The van der Waals surface area contributed by atoms with E-state index in [1.807, 2.05) is 0 Å². The molecule has 0 radical (unpaired) electrons. The van der Waals surface area contributed by atoms with Gasteiger partial charge in [0.25, 0.3) is 14.9 Å². The van der Waals surface area contributed by atoms with Crippen LogP contribution in [0.2, 0.25) is 0 Å². The van der Waals surface area contributed by atoms with E-state index in [1.54, 1.807) is 0 Å². The van der Waals surface area contributed by atoms with Gasteiger partial charge in [-0.1, -0.05) is 0 Å². The molecule has 0 fully saturated rings. The molecule has 0 aliphatic rings. The largest absolute Gasteiger partial charge is 0.434 e. The van der Waals surface area contributed by atoms with Crippen molar-refractivity contribution in [2.45, 2.75) is 4.90 Å². The van der Waals surface area contributed by atoms with Gasteiger partial charge in [0.15, 0.2) is 5.58 Å². The molecule has 0 saturated carbocycles. The van der Waals surface area contributed by atoms with E-state index in [9.17, 15) is 13.2 Å². The Labute approximate surface area is 89.1 Å². The fourth-order valence-electron chi connectivity index (χ4n) is 1.13. The van der Waals surface area contributed by atoms with Gasteiger partial charge in [-0.15, -0.1) is 0 Å². The van der Waals surface area contributed by atoms with Crippen LogP contribution in [0.25, 0.3) is 11.1 Å². The quantitative estimate of drug-likeness (QED) is 0.593. The smallest absolute Gasteiger partial charge is 0.261 e. The number of aldehydes is 1. The van der Waals surface area contributed by atoms with Crippen LogP contribution in [-0.2, 0) is 9.05 Å². The van der Waals surface area contributed by atoms with Crippen LogP contribution < -0.4 is 0 Å². The van der Waals surface area contributed by atoms with E-state index in [-0.39, 0.29) is 16.3 Å². The Morgan fingerprint density at radius 1 is 1.40 bits per heavy atom. The summed E-state index contributed by atoms with van der Waals surface area (Å²) in [5.41, 5.74) is 0.611. The van der Waals surface area contributed by atoms with E-state index in [0.29, 0.717) is 11.9 Å². The van der Waals surface area contributed by atoms with Crippen molar-refractivity contribution in [3.63, 3.8) is 0 Å². The van der Waals surface area contributed by atoms with E-state index >= 15 is 0 Å². The first-order chi connectivity index (χ1) is 7.00. The van der Waals surface area contributed by atoms with Crippen molar-refractivity contribution in [2.75, 3.05) is 0 Å². The van der Waals surface area contributed by atoms with E-state index in [0.717, 1.165) is 0 Å². The molecule has 0 amide bonds. The highest BCUT2D eigenvalue weighted by molar-refractivity contribution is 8.13. The van der Waals surface area contributed by atoms with Crippen molar-refractivity contribution in [1.29, 1.82) is 0 Å². The minimum atomic E-state index is -3.79. The lowest BCUT2D eigenvalue weighted by atomic mass is 10.3. The summed E-state index contributed by atoms with van der Waals surface area (Å²) in [6.45, 7) is 0. The monoisotopic (exact) mass is 245 g/mol. The molecule has 0 aliphatic carbocycles. The van der Waals surface area contributed by atoms with Gasteiger partial charge in [-0.25, -0.2) is 13.4 Å². The molecule has 0 saturated heterocycles. The van der Waals surface area contributed by atoms with Crippen molar-refractivity contribution >= 4 is 37.1 Å². The third kappa shape index (κ3) is 1.86. The van der Waals surface area contributed by atoms with Crippen LogP contribution in [0, 0.1) is 0 Å². The summed E-state index contributed by atoms with van der Waals surface area (Å²) >= 11 is 0. The molecule has 0 atom stereocenters. The van der Waals surface area contributed by atoms with Gasteiger partial charge in [-0.2, -0.15) is 0 Å². The summed E-state index contributed by atoms with van der Waals surface area (Å²) in [6.07, 6.45) is 0.439. The summed E-state index contributed by atoms with van der Waals surface area (Å²) in [5.74, 6) is -0.103. The van der Waals surface area contributed by atoms with E-state index in [2.05, 4.69) is 4.98 Å². The Morgan fingerprint density at radius 3 is 2.73 bits per heavy atom. The average molecular weight is 246 g/mol. The Bertz CT molecular complexity index is 631. The second kappa shape index (κ2) is 3.32. The molecule has 0 bridgehead atoms. The molecule has 0 N–H and O–H groups in total. The number of halogens is 1. The molecule has 0 aliphatic heterocycles. The predicted octanol–water partition coefficient (Wildman–Crippen LogP) is 1.57. The molecular formula is C8H4ClNO4S. The van der Waals surface area contributed by atoms with Crippen molar-refractivity contribution in [2.24, 2.45) is 0 Å². The van der Waals surface area contributed by atoms with Gasteiger partial charge in [0.1, 0.15) is 5.52 Å². The second-order valence-electron chi connectivity index (χ2n) is 2.74. The number of rotatable bonds is 2. The zero-order valence-electron chi connectivity index (χ0n) is 7.18. The number of oxazole rings is 1. The molecule has 1 aromatic carbocycles. The highest BCUT2D eigenvalue weighted by Gasteiger charge is 2.13. The van der Waals surface area contributed by atoms with Crippen LogP contribution in [0.4, 0.5) is 0 Å². The van der Waals surface area contributed by atoms with Crippen LogP contribution in [0.5, 0.6) is 0 Å². The first-order valence-corrected chi connectivity index (χ1v) is 6.12. The van der Waals surface area contributed by atoms with Gasteiger partial charge in [0.05, 0.1) is 4.90 Å². The van der Waals surface area contributed by atoms with Crippen molar-refractivity contribution in [3.8, 4) is 0 Å². The number of fused-ring (bicyclic) bond motifs is 1. The SMILES string of the molecule is O=Cc1nc2cc(S(=O)(=O)Cl)ccc2o1. The summed E-state index contributed by atoms with van der Waals surface area (Å²) in [6, 6.07) is 3.92. The number of carbonyl (C=O) groups excluding carboxylic acids is 1. The topological polar surface area (TPSA) is 77.2 Å². The molecule has 2 rings (SSSR count). The normalized spacial score (nSPS) is 11.8. The molecule has 1 heterocycles. The lowest BCUT2D eigenvalue weighted by Gasteiger charge is -1.93. The zero-order chi connectivity index (χ0) is 11.1. The van der Waals surface area contributed by atoms with Gasteiger partial charge in [-0.05, 0) is 18.2 Å². The van der Waals surface area contributed by atoms with Gasteiger partial charge in [0.2, 0.25) is 6.29 Å². The van der Waals surface area contributed by atoms with E-state index in [1.165, 1.54) is 18.2 Å². The van der Waals surface area contributed by atoms with Crippen LogP contribution in [0.3, 0.4) is 0 Å². The van der Waals surface area contributed by atoms with Crippen LogP contribution >= 0.6 is 10.7 Å². The number of hydrogen-bond donors (Lipinski definition) is 0. The van der Waals surface area contributed by atoms with Gasteiger partial charge in [-0.3, -0.25) is 4.79 Å². The summed E-state index contributed by atoms with van der Waals surface area (Å²) < 4.78 is 26.9.